The predicted octanol–water partition coefficient (Wildman–Crippen LogP) is 4.64. The third kappa shape index (κ3) is 5.28. The standard InChI is InChI=1S/C28H28N6OS/c1-20-10-12-21(13-11-20)31-25(35)14-18-34-27(26(32-28(34)36)23-8-3-5-16-30-23)24-9-6-17-33(24)19-22-7-2-4-15-29-22/h2-13,15-17,26-27H,14,18-19H2,1H3,(H,31,35)(H,32,36)/t26-,27-/m0/s1. The summed E-state index contributed by atoms with van der Waals surface area (Å²) in [6.45, 7) is 3.14. The molecule has 2 N–H and O–H groups in total. The molecule has 1 aromatic carbocycles. The van der Waals surface area contributed by atoms with Crippen molar-refractivity contribution < 1.29 is 4.79 Å². The summed E-state index contributed by atoms with van der Waals surface area (Å²) >= 11 is 5.77. The molecule has 0 unspecified atom stereocenters. The number of anilines is 1. The molecular weight excluding hydrogens is 468 g/mol. The van der Waals surface area contributed by atoms with Gasteiger partial charge in [-0.25, -0.2) is 0 Å². The molecule has 4 aromatic rings. The van der Waals surface area contributed by atoms with Crippen molar-refractivity contribution in [2.24, 2.45) is 0 Å². The Morgan fingerprint density at radius 3 is 2.50 bits per heavy atom. The number of aromatic nitrogens is 3. The van der Waals surface area contributed by atoms with E-state index in [2.05, 4.69) is 42.3 Å². The zero-order valence-electron chi connectivity index (χ0n) is 20.0. The number of carbonyl (C=O) groups is 1. The summed E-state index contributed by atoms with van der Waals surface area (Å²) in [6.07, 6.45) is 5.97. The summed E-state index contributed by atoms with van der Waals surface area (Å²) < 4.78 is 2.19. The summed E-state index contributed by atoms with van der Waals surface area (Å²) in [6, 6.07) is 23.5. The first-order chi connectivity index (χ1) is 17.6. The molecule has 0 radical (unpaired) electrons. The lowest BCUT2D eigenvalue weighted by atomic mass is 10.0. The summed E-state index contributed by atoms with van der Waals surface area (Å²) in [5.74, 6) is -0.0504. The second kappa shape index (κ2) is 10.7. The fourth-order valence-electron chi connectivity index (χ4n) is 4.56. The molecule has 1 saturated heterocycles. The highest BCUT2D eigenvalue weighted by Gasteiger charge is 2.41. The summed E-state index contributed by atoms with van der Waals surface area (Å²) in [5, 5.41) is 7.07. The van der Waals surface area contributed by atoms with E-state index >= 15 is 0 Å². The number of carbonyl (C=O) groups excluding carboxylic acids is 1. The fourth-order valence-corrected chi connectivity index (χ4v) is 4.89. The van der Waals surface area contributed by atoms with Gasteiger partial charge in [-0.1, -0.05) is 29.8 Å². The van der Waals surface area contributed by atoms with E-state index in [0.29, 0.717) is 24.6 Å². The van der Waals surface area contributed by atoms with Crippen LogP contribution < -0.4 is 10.6 Å². The Morgan fingerprint density at radius 1 is 1.00 bits per heavy atom. The molecule has 0 spiro atoms. The van der Waals surface area contributed by atoms with Crippen molar-refractivity contribution in [2.75, 3.05) is 11.9 Å². The molecule has 1 aliphatic heterocycles. The van der Waals surface area contributed by atoms with Gasteiger partial charge in [0, 0.05) is 42.9 Å². The highest BCUT2D eigenvalue weighted by Crippen LogP contribution is 2.39. The molecule has 36 heavy (non-hydrogen) atoms. The minimum atomic E-state index is -0.142. The van der Waals surface area contributed by atoms with E-state index in [1.165, 1.54) is 0 Å². The highest BCUT2D eigenvalue weighted by molar-refractivity contribution is 7.80. The number of nitrogens with zero attached hydrogens (tertiary/aromatic N) is 4. The molecule has 4 heterocycles. The van der Waals surface area contributed by atoms with Crippen LogP contribution in [0.1, 0.15) is 41.1 Å². The summed E-state index contributed by atoms with van der Waals surface area (Å²) in [7, 11) is 0. The topological polar surface area (TPSA) is 75.1 Å². The van der Waals surface area contributed by atoms with Crippen molar-refractivity contribution >= 4 is 28.9 Å². The molecule has 1 aliphatic rings. The maximum Gasteiger partial charge on any atom is 0.226 e. The molecule has 5 rings (SSSR count). The number of hydrogen-bond acceptors (Lipinski definition) is 4. The lowest BCUT2D eigenvalue weighted by molar-refractivity contribution is -0.116. The van der Waals surface area contributed by atoms with Gasteiger partial charge in [0.1, 0.15) is 0 Å². The first-order valence-electron chi connectivity index (χ1n) is 12.0. The Labute approximate surface area is 216 Å². The lowest BCUT2D eigenvalue weighted by Crippen LogP contribution is -2.33. The van der Waals surface area contributed by atoms with Crippen LogP contribution in [0.2, 0.25) is 0 Å². The lowest BCUT2D eigenvalue weighted by Gasteiger charge is -2.28. The van der Waals surface area contributed by atoms with Gasteiger partial charge in [0.15, 0.2) is 5.11 Å². The van der Waals surface area contributed by atoms with Crippen LogP contribution in [0.15, 0.2) is 91.4 Å². The number of hydrogen-bond donors (Lipinski definition) is 2. The summed E-state index contributed by atoms with van der Waals surface area (Å²) in [4.78, 5) is 24.0. The van der Waals surface area contributed by atoms with Gasteiger partial charge in [-0.2, -0.15) is 0 Å². The molecule has 0 bridgehead atoms. The van der Waals surface area contributed by atoms with Crippen molar-refractivity contribution in [3.05, 3.63) is 114 Å². The van der Waals surface area contributed by atoms with Gasteiger partial charge in [0.05, 0.1) is 30.0 Å². The zero-order valence-corrected chi connectivity index (χ0v) is 20.9. The van der Waals surface area contributed by atoms with Gasteiger partial charge in [-0.3, -0.25) is 14.8 Å². The molecule has 1 amide bonds. The first kappa shape index (κ1) is 23.7. The number of benzene rings is 1. The van der Waals surface area contributed by atoms with Gasteiger partial charge in [-0.05, 0) is 67.7 Å². The maximum atomic E-state index is 12.8. The third-order valence-corrected chi connectivity index (χ3v) is 6.69. The molecular formula is C28H28N6OS. The van der Waals surface area contributed by atoms with E-state index in [1.54, 1.807) is 12.4 Å². The van der Waals surface area contributed by atoms with E-state index in [4.69, 9.17) is 12.2 Å². The second-order valence-corrected chi connectivity index (χ2v) is 9.25. The third-order valence-electron chi connectivity index (χ3n) is 6.34. The highest BCUT2D eigenvalue weighted by atomic mass is 32.1. The first-order valence-corrected chi connectivity index (χ1v) is 12.4. The van der Waals surface area contributed by atoms with Gasteiger partial charge in [0.2, 0.25) is 5.91 Å². The average Bonchev–Trinajstić information content (AvgIpc) is 3.48. The molecule has 8 heteroatoms. The van der Waals surface area contributed by atoms with E-state index in [9.17, 15) is 4.79 Å². The SMILES string of the molecule is Cc1ccc(NC(=O)CCN2C(=S)N[C@@H](c3ccccn3)[C@@H]2c2cccn2Cc2ccccn2)cc1. The van der Waals surface area contributed by atoms with Crippen LogP contribution in [0.25, 0.3) is 0 Å². The number of nitrogens with one attached hydrogen (secondary N) is 2. The summed E-state index contributed by atoms with van der Waals surface area (Å²) in [5.41, 5.74) is 4.91. The average molecular weight is 497 g/mol. The van der Waals surface area contributed by atoms with Crippen molar-refractivity contribution in [3.63, 3.8) is 0 Å². The van der Waals surface area contributed by atoms with Crippen molar-refractivity contribution in [1.29, 1.82) is 0 Å². The molecule has 3 aromatic heterocycles. The van der Waals surface area contributed by atoms with Crippen molar-refractivity contribution in [3.8, 4) is 0 Å². The van der Waals surface area contributed by atoms with E-state index in [-0.39, 0.29) is 18.0 Å². The zero-order chi connectivity index (χ0) is 24.9. The quantitative estimate of drug-likeness (QED) is 0.346. The van der Waals surface area contributed by atoms with E-state index < -0.39 is 0 Å². The Bertz CT molecular complexity index is 1320. The minimum Gasteiger partial charge on any atom is -0.352 e. The molecule has 0 saturated carbocycles. The van der Waals surface area contributed by atoms with Gasteiger partial charge < -0.3 is 20.1 Å². The number of pyridine rings is 2. The maximum absolute atomic E-state index is 12.8. The number of aryl methyl sites for hydroxylation is 1. The predicted molar refractivity (Wildman–Crippen MR) is 144 cm³/mol. The van der Waals surface area contributed by atoms with Crippen LogP contribution in [-0.4, -0.2) is 37.0 Å². The molecule has 1 fully saturated rings. The Balaban J connectivity index is 1.39. The number of thiocarbonyl (C=S) groups is 1. The Hall–Kier alpha value is -4.04. The number of amides is 1. The van der Waals surface area contributed by atoms with Crippen LogP contribution in [-0.2, 0) is 11.3 Å². The van der Waals surface area contributed by atoms with E-state index in [0.717, 1.165) is 28.3 Å². The van der Waals surface area contributed by atoms with Crippen LogP contribution in [0.4, 0.5) is 5.69 Å². The van der Waals surface area contributed by atoms with Crippen LogP contribution in [0, 0.1) is 6.92 Å². The normalized spacial score (nSPS) is 17.1. The van der Waals surface area contributed by atoms with Gasteiger partial charge in [-0.15, -0.1) is 0 Å². The molecule has 2 atom stereocenters. The van der Waals surface area contributed by atoms with E-state index in [1.807, 2.05) is 73.7 Å². The van der Waals surface area contributed by atoms with Gasteiger partial charge >= 0.3 is 0 Å². The largest absolute Gasteiger partial charge is 0.352 e. The second-order valence-electron chi connectivity index (χ2n) is 8.87. The van der Waals surface area contributed by atoms with Crippen LogP contribution >= 0.6 is 12.2 Å². The van der Waals surface area contributed by atoms with Crippen molar-refractivity contribution in [2.45, 2.75) is 32.0 Å². The molecule has 7 nitrogen and oxygen atoms in total. The molecule has 0 aliphatic carbocycles. The Morgan fingerprint density at radius 2 is 1.78 bits per heavy atom. The van der Waals surface area contributed by atoms with Crippen LogP contribution in [0.5, 0.6) is 0 Å². The monoisotopic (exact) mass is 496 g/mol. The fraction of sp³-hybridized carbons (Fsp3) is 0.214. The van der Waals surface area contributed by atoms with Gasteiger partial charge in [0.25, 0.3) is 0 Å². The number of rotatable bonds is 8. The van der Waals surface area contributed by atoms with Crippen LogP contribution in [0.3, 0.4) is 0 Å². The smallest absolute Gasteiger partial charge is 0.226 e. The Kier molecular flexibility index (Phi) is 7.04. The molecule has 182 valence electrons. The van der Waals surface area contributed by atoms with Crippen molar-refractivity contribution in [1.82, 2.24) is 24.8 Å². The minimum absolute atomic E-state index is 0.0504.